The van der Waals surface area contributed by atoms with Crippen molar-refractivity contribution in [3.05, 3.63) is 39.8 Å². The molecule has 1 aromatic carbocycles. The first-order valence-corrected chi connectivity index (χ1v) is 7.70. The van der Waals surface area contributed by atoms with Crippen LogP contribution in [0, 0.1) is 6.92 Å². The molecule has 0 spiro atoms. The van der Waals surface area contributed by atoms with Crippen molar-refractivity contribution in [1.29, 1.82) is 0 Å². The number of rotatable bonds is 4. The zero-order valence-corrected chi connectivity index (χ0v) is 14.0. The zero-order chi connectivity index (χ0) is 16.7. The molecule has 0 aliphatic heterocycles. The van der Waals surface area contributed by atoms with Crippen molar-refractivity contribution in [3.8, 4) is 22.6 Å². The van der Waals surface area contributed by atoms with E-state index in [0.717, 1.165) is 35.1 Å². The molecule has 3 rings (SSSR count). The Labute approximate surface area is 135 Å². The number of nitrogen functional groups attached to an aromatic ring is 1. The lowest BCUT2D eigenvalue weighted by Gasteiger charge is -2.17. The molecule has 0 radical (unpaired) electrons. The van der Waals surface area contributed by atoms with Crippen LogP contribution in [0.2, 0.25) is 0 Å². The van der Waals surface area contributed by atoms with E-state index in [9.17, 15) is 4.79 Å². The van der Waals surface area contributed by atoms with Crippen LogP contribution < -0.4 is 20.8 Å². The first kappa shape index (κ1) is 15.5. The number of ether oxygens (including phenoxy) is 2. The van der Waals surface area contributed by atoms with Crippen LogP contribution in [-0.2, 0) is 7.05 Å². The topological polar surface area (TPSA) is 66.5 Å². The minimum Gasteiger partial charge on any atom is -0.494 e. The van der Waals surface area contributed by atoms with Gasteiger partial charge in [0, 0.05) is 24.4 Å². The van der Waals surface area contributed by atoms with Crippen LogP contribution in [0.25, 0.3) is 11.1 Å². The van der Waals surface area contributed by atoms with Gasteiger partial charge in [0.1, 0.15) is 17.2 Å². The van der Waals surface area contributed by atoms with Crippen molar-refractivity contribution in [3.63, 3.8) is 0 Å². The minimum atomic E-state index is 0.0602. The monoisotopic (exact) mass is 314 g/mol. The molecular weight excluding hydrogens is 292 g/mol. The Kier molecular flexibility index (Phi) is 3.80. The second-order valence-electron chi connectivity index (χ2n) is 6.07. The second kappa shape index (κ2) is 5.65. The Morgan fingerprint density at radius 2 is 1.74 bits per heavy atom. The third-order valence-electron chi connectivity index (χ3n) is 4.50. The number of nitrogens with two attached hydrogens (primary N) is 1. The molecule has 23 heavy (non-hydrogen) atoms. The molecule has 0 saturated heterocycles. The average Bonchev–Trinajstić information content (AvgIpc) is 3.37. The summed E-state index contributed by atoms with van der Waals surface area (Å²) in [5.41, 5.74) is 10.5. The van der Waals surface area contributed by atoms with E-state index < -0.39 is 0 Å². The first-order valence-electron chi connectivity index (χ1n) is 7.70. The lowest BCUT2D eigenvalue weighted by atomic mass is 9.94. The number of nitrogens with zero attached hydrogens (tertiary/aromatic N) is 1. The Morgan fingerprint density at radius 1 is 1.17 bits per heavy atom. The maximum absolute atomic E-state index is 12.3. The van der Waals surface area contributed by atoms with Crippen molar-refractivity contribution >= 4 is 5.69 Å². The van der Waals surface area contributed by atoms with Gasteiger partial charge in [0.25, 0.3) is 5.56 Å². The number of hydrogen-bond acceptors (Lipinski definition) is 4. The summed E-state index contributed by atoms with van der Waals surface area (Å²) in [6.07, 6.45) is 4.15. The maximum atomic E-state index is 12.3. The summed E-state index contributed by atoms with van der Waals surface area (Å²) < 4.78 is 12.4. The van der Waals surface area contributed by atoms with E-state index in [1.807, 2.05) is 25.3 Å². The third kappa shape index (κ3) is 2.56. The lowest BCUT2D eigenvalue weighted by Crippen LogP contribution is -2.21. The minimum absolute atomic E-state index is 0.0602. The van der Waals surface area contributed by atoms with Gasteiger partial charge in [-0.25, -0.2) is 0 Å². The van der Waals surface area contributed by atoms with Crippen LogP contribution in [-0.4, -0.2) is 18.8 Å². The fourth-order valence-corrected chi connectivity index (χ4v) is 3.13. The molecular formula is C18H22N2O3. The van der Waals surface area contributed by atoms with Crippen LogP contribution in [0.15, 0.2) is 23.1 Å². The van der Waals surface area contributed by atoms with E-state index >= 15 is 0 Å². The van der Waals surface area contributed by atoms with Crippen LogP contribution >= 0.6 is 0 Å². The summed E-state index contributed by atoms with van der Waals surface area (Å²) in [5.74, 6) is 1.62. The van der Waals surface area contributed by atoms with Gasteiger partial charge in [-0.2, -0.15) is 0 Å². The van der Waals surface area contributed by atoms with Crippen molar-refractivity contribution in [2.24, 2.45) is 7.05 Å². The molecule has 0 bridgehead atoms. The lowest BCUT2D eigenvalue weighted by molar-refractivity contribution is 0.398. The third-order valence-corrected chi connectivity index (χ3v) is 4.50. The van der Waals surface area contributed by atoms with Gasteiger partial charge >= 0.3 is 0 Å². The van der Waals surface area contributed by atoms with E-state index in [1.54, 1.807) is 25.8 Å². The second-order valence-corrected chi connectivity index (χ2v) is 6.07. The van der Waals surface area contributed by atoms with E-state index in [1.165, 1.54) is 0 Å². The number of hydrogen-bond donors (Lipinski definition) is 1. The standard InChI is InChI=1S/C18H22N2O3/c1-10-16(11-5-6-11)13(9-20(2)18(10)21)12-7-14(22-3)17(19)15(8-12)23-4/h7-9,11H,5-6,19H2,1-4H3. The van der Waals surface area contributed by atoms with Gasteiger partial charge in [0.15, 0.2) is 0 Å². The molecule has 0 unspecified atom stereocenters. The summed E-state index contributed by atoms with van der Waals surface area (Å²) in [6.45, 7) is 1.91. The van der Waals surface area contributed by atoms with Gasteiger partial charge in [0.2, 0.25) is 0 Å². The molecule has 1 saturated carbocycles. The molecule has 5 nitrogen and oxygen atoms in total. The summed E-state index contributed by atoms with van der Waals surface area (Å²) >= 11 is 0. The number of benzene rings is 1. The van der Waals surface area contributed by atoms with Crippen molar-refractivity contribution < 1.29 is 9.47 Å². The number of anilines is 1. The molecule has 1 aromatic heterocycles. The molecule has 0 amide bonds. The molecule has 2 N–H and O–H groups in total. The van der Waals surface area contributed by atoms with Crippen LogP contribution in [0.1, 0.15) is 29.9 Å². The van der Waals surface area contributed by atoms with E-state index in [0.29, 0.717) is 23.1 Å². The average molecular weight is 314 g/mol. The highest BCUT2D eigenvalue weighted by atomic mass is 16.5. The first-order chi connectivity index (χ1) is 11.0. The van der Waals surface area contributed by atoms with Crippen LogP contribution in [0.3, 0.4) is 0 Å². The van der Waals surface area contributed by atoms with Gasteiger partial charge < -0.3 is 19.8 Å². The SMILES string of the molecule is COc1cc(-c2cn(C)c(=O)c(C)c2C2CC2)cc(OC)c1N. The highest BCUT2D eigenvalue weighted by Gasteiger charge is 2.30. The number of pyridine rings is 1. The van der Waals surface area contributed by atoms with E-state index in [-0.39, 0.29) is 5.56 Å². The van der Waals surface area contributed by atoms with Crippen molar-refractivity contribution in [2.75, 3.05) is 20.0 Å². The summed E-state index contributed by atoms with van der Waals surface area (Å²) in [5, 5.41) is 0. The van der Waals surface area contributed by atoms with Gasteiger partial charge in [-0.3, -0.25) is 4.79 Å². The maximum Gasteiger partial charge on any atom is 0.253 e. The molecule has 5 heteroatoms. The number of aromatic nitrogens is 1. The Hall–Kier alpha value is -2.43. The van der Waals surface area contributed by atoms with Crippen molar-refractivity contribution in [1.82, 2.24) is 4.57 Å². The van der Waals surface area contributed by atoms with E-state index in [2.05, 4.69) is 0 Å². The zero-order valence-electron chi connectivity index (χ0n) is 14.0. The normalized spacial score (nSPS) is 13.9. The number of methoxy groups -OCH3 is 2. The van der Waals surface area contributed by atoms with Crippen LogP contribution in [0.5, 0.6) is 11.5 Å². The molecule has 1 aliphatic carbocycles. The van der Waals surface area contributed by atoms with Gasteiger partial charge in [-0.1, -0.05) is 0 Å². The molecule has 0 atom stereocenters. The summed E-state index contributed by atoms with van der Waals surface area (Å²) in [4.78, 5) is 12.3. The fourth-order valence-electron chi connectivity index (χ4n) is 3.13. The fraction of sp³-hybridized carbons (Fsp3) is 0.389. The summed E-state index contributed by atoms with van der Waals surface area (Å²) in [6, 6.07) is 3.81. The van der Waals surface area contributed by atoms with Gasteiger partial charge in [-0.05, 0) is 48.9 Å². The molecule has 1 heterocycles. The predicted molar refractivity (Wildman–Crippen MR) is 91.3 cm³/mol. The Balaban J connectivity index is 2.28. The van der Waals surface area contributed by atoms with Gasteiger partial charge in [-0.15, -0.1) is 0 Å². The Morgan fingerprint density at radius 3 is 2.22 bits per heavy atom. The largest absolute Gasteiger partial charge is 0.494 e. The van der Waals surface area contributed by atoms with Gasteiger partial charge in [0.05, 0.1) is 14.2 Å². The Bertz CT molecular complexity index is 795. The molecule has 1 aliphatic rings. The molecule has 122 valence electrons. The number of aryl methyl sites for hydroxylation is 1. The van der Waals surface area contributed by atoms with E-state index in [4.69, 9.17) is 15.2 Å². The van der Waals surface area contributed by atoms with Crippen LogP contribution in [0.4, 0.5) is 5.69 Å². The molecule has 2 aromatic rings. The predicted octanol–water partition coefficient (Wildman–Crippen LogP) is 2.84. The quantitative estimate of drug-likeness (QED) is 0.881. The molecule has 1 fully saturated rings. The highest BCUT2D eigenvalue weighted by Crippen LogP contribution is 2.47. The van der Waals surface area contributed by atoms with Crippen molar-refractivity contribution in [2.45, 2.75) is 25.7 Å². The summed E-state index contributed by atoms with van der Waals surface area (Å²) in [7, 11) is 4.95. The highest BCUT2D eigenvalue weighted by molar-refractivity contribution is 5.77. The smallest absolute Gasteiger partial charge is 0.253 e.